The largest absolute Gasteiger partial charge is 0.486 e. The summed E-state index contributed by atoms with van der Waals surface area (Å²) in [5, 5.41) is 3.14. The zero-order valence-corrected chi connectivity index (χ0v) is 15.6. The number of rotatable bonds is 5. The first-order valence-electron chi connectivity index (χ1n) is 9.51. The summed E-state index contributed by atoms with van der Waals surface area (Å²) in [4.78, 5) is 13.4. The van der Waals surface area contributed by atoms with Crippen molar-refractivity contribution in [3.63, 3.8) is 0 Å². The van der Waals surface area contributed by atoms with Crippen molar-refractivity contribution >= 4 is 11.6 Å². The smallest absolute Gasteiger partial charge is 0.235 e. The summed E-state index contributed by atoms with van der Waals surface area (Å²) in [5.74, 6) is 1.54. The minimum absolute atomic E-state index is 0.0474. The molecule has 0 atom stereocenters. The summed E-state index contributed by atoms with van der Waals surface area (Å²) < 4.78 is 16.6. The number of amides is 1. The van der Waals surface area contributed by atoms with E-state index >= 15 is 0 Å². The van der Waals surface area contributed by atoms with Crippen LogP contribution in [0.5, 0.6) is 11.5 Å². The van der Waals surface area contributed by atoms with Crippen molar-refractivity contribution in [1.82, 2.24) is 0 Å². The van der Waals surface area contributed by atoms with Crippen LogP contribution in [0, 0.1) is 0 Å². The molecule has 5 heteroatoms. The predicted molar refractivity (Wildman–Crippen MR) is 103 cm³/mol. The monoisotopic (exact) mass is 367 g/mol. The average Bonchev–Trinajstić information content (AvgIpc) is 3.19. The Kier molecular flexibility index (Phi) is 5.03. The lowest BCUT2D eigenvalue weighted by Crippen LogP contribution is -2.38. The molecule has 0 bridgehead atoms. The number of anilines is 1. The van der Waals surface area contributed by atoms with Crippen LogP contribution in [0.4, 0.5) is 5.69 Å². The summed E-state index contributed by atoms with van der Waals surface area (Å²) in [7, 11) is 1.67. The zero-order valence-electron chi connectivity index (χ0n) is 15.6. The lowest BCUT2D eigenvalue weighted by molar-refractivity contribution is -0.121. The maximum atomic E-state index is 13.4. The third-order valence-electron chi connectivity index (χ3n) is 5.48. The molecule has 1 aliphatic carbocycles. The highest BCUT2D eigenvalue weighted by Crippen LogP contribution is 2.45. The number of methoxy groups -OCH3 is 1. The van der Waals surface area contributed by atoms with Crippen LogP contribution in [0.15, 0.2) is 42.5 Å². The molecule has 0 aromatic heterocycles. The van der Waals surface area contributed by atoms with E-state index in [1.165, 1.54) is 0 Å². The van der Waals surface area contributed by atoms with Gasteiger partial charge in [0, 0.05) is 12.8 Å². The van der Waals surface area contributed by atoms with E-state index in [-0.39, 0.29) is 5.91 Å². The molecule has 27 heavy (non-hydrogen) atoms. The van der Waals surface area contributed by atoms with Crippen molar-refractivity contribution < 1.29 is 19.0 Å². The third kappa shape index (κ3) is 3.52. The fraction of sp³-hybridized carbons (Fsp3) is 0.409. The Labute approximate surface area is 159 Å². The fourth-order valence-corrected chi connectivity index (χ4v) is 4.12. The molecule has 2 aliphatic rings. The van der Waals surface area contributed by atoms with Gasteiger partial charge < -0.3 is 19.5 Å². The summed E-state index contributed by atoms with van der Waals surface area (Å²) in [6, 6.07) is 13.7. The SMILES string of the molecule is COCc1cccc(NC(=O)C2(c3ccc4c(c3)OCCO4)CCCC2)c1. The Morgan fingerprint density at radius 2 is 1.85 bits per heavy atom. The molecule has 142 valence electrons. The molecule has 0 radical (unpaired) electrons. The normalized spacial score (nSPS) is 17.5. The number of nitrogens with one attached hydrogen (secondary N) is 1. The van der Waals surface area contributed by atoms with Crippen LogP contribution < -0.4 is 14.8 Å². The van der Waals surface area contributed by atoms with Gasteiger partial charge in [0.25, 0.3) is 0 Å². The first-order chi connectivity index (χ1) is 13.2. The van der Waals surface area contributed by atoms with Gasteiger partial charge in [0.1, 0.15) is 13.2 Å². The van der Waals surface area contributed by atoms with E-state index in [9.17, 15) is 4.79 Å². The molecule has 1 saturated carbocycles. The summed E-state index contributed by atoms with van der Waals surface area (Å²) >= 11 is 0. The van der Waals surface area contributed by atoms with E-state index in [0.717, 1.165) is 54.0 Å². The molecule has 0 saturated heterocycles. The van der Waals surface area contributed by atoms with E-state index in [4.69, 9.17) is 14.2 Å². The molecule has 2 aromatic rings. The number of fused-ring (bicyclic) bond motifs is 1. The van der Waals surface area contributed by atoms with Gasteiger partial charge in [-0.2, -0.15) is 0 Å². The highest BCUT2D eigenvalue weighted by molar-refractivity contribution is 5.99. The van der Waals surface area contributed by atoms with Gasteiger partial charge in [-0.15, -0.1) is 0 Å². The van der Waals surface area contributed by atoms with Gasteiger partial charge in [-0.1, -0.05) is 31.0 Å². The van der Waals surface area contributed by atoms with Gasteiger partial charge in [0.2, 0.25) is 5.91 Å². The second-order valence-electron chi connectivity index (χ2n) is 7.24. The van der Waals surface area contributed by atoms with Gasteiger partial charge in [0.15, 0.2) is 11.5 Å². The van der Waals surface area contributed by atoms with Crippen molar-refractivity contribution in [3.05, 3.63) is 53.6 Å². The maximum absolute atomic E-state index is 13.4. The van der Waals surface area contributed by atoms with E-state index in [0.29, 0.717) is 19.8 Å². The number of carbonyl (C=O) groups is 1. The molecule has 2 aromatic carbocycles. The second kappa shape index (κ2) is 7.61. The Hall–Kier alpha value is -2.53. The van der Waals surface area contributed by atoms with Crippen LogP contribution in [-0.4, -0.2) is 26.2 Å². The van der Waals surface area contributed by atoms with E-state index in [2.05, 4.69) is 5.32 Å². The topological polar surface area (TPSA) is 56.8 Å². The molecule has 0 unspecified atom stereocenters. The lowest BCUT2D eigenvalue weighted by atomic mass is 9.77. The van der Waals surface area contributed by atoms with Crippen LogP contribution in [0.2, 0.25) is 0 Å². The van der Waals surface area contributed by atoms with Gasteiger partial charge in [0.05, 0.1) is 12.0 Å². The Bertz CT molecular complexity index is 827. The molecule has 1 aliphatic heterocycles. The van der Waals surface area contributed by atoms with E-state index in [1.54, 1.807) is 7.11 Å². The zero-order chi connectivity index (χ0) is 18.7. The second-order valence-corrected chi connectivity index (χ2v) is 7.24. The molecular formula is C22H25NO4. The number of hydrogen-bond acceptors (Lipinski definition) is 4. The van der Waals surface area contributed by atoms with E-state index in [1.807, 2.05) is 42.5 Å². The molecular weight excluding hydrogens is 342 g/mol. The molecule has 0 spiro atoms. The van der Waals surface area contributed by atoms with Gasteiger partial charge in [-0.05, 0) is 48.2 Å². The fourth-order valence-electron chi connectivity index (χ4n) is 4.12. The van der Waals surface area contributed by atoms with Gasteiger partial charge in [-0.3, -0.25) is 4.79 Å². The van der Waals surface area contributed by atoms with Crippen LogP contribution >= 0.6 is 0 Å². The third-order valence-corrected chi connectivity index (χ3v) is 5.48. The molecule has 4 rings (SSSR count). The van der Waals surface area contributed by atoms with Crippen LogP contribution in [0.3, 0.4) is 0 Å². The standard InChI is InChI=1S/C22H25NO4/c1-25-15-16-5-4-6-18(13-16)23-21(24)22(9-2-3-10-22)17-7-8-19-20(14-17)27-12-11-26-19/h4-8,13-14H,2-3,9-12,15H2,1H3,(H,23,24). The molecule has 1 heterocycles. The van der Waals surface area contributed by atoms with Crippen molar-refractivity contribution in [2.75, 3.05) is 25.6 Å². The van der Waals surface area contributed by atoms with Crippen molar-refractivity contribution in [1.29, 1.82) is 0 Å². The predicted octanol–water partition coefficient (Wildman–Crippen LogP) is 4.05. The highest BCUT2D eigenvalue weighted by Gasteiger charge is 2.43. The minimum Gasteiger partial charge on any atom is -0.486 e. The number of carbonyl (C=O) groups excluding carboxylic acids is 1. The lowest BCUT2D eigenvalue weighted by Gasteiger charge is -2.30. The molecule has 5 nitrogen and oxygen atoms in total. The molecule has 1 fully saturated rings. The Morgan fingerprint density at radius 3 is 2.63 bits per heavy atom. The van der Waals surface area contributed by atoms with Crippen LogP contribution in [-0.2, 0) is 21.6 Å². The number of benzene rings is 2. The molecule has 1 amide bonds. The van der Waals surface area contributed by atoms with Crippen LogP contribution in [0.25, 0.3) is 0 Å². The average molecular weight is 367 g/mol. The summed E-state index contributed by atoms with van der Waals surface area (Å²) in [6.07, 6.45) is 3.78. The first-order valence-corrected chi connectivity index (χ1v) is 9.51. The Balaban J connectivity index is 1.62. The van der Waals surface area contributed by atoms with Crippen molar-refractivity contribution in [2.45, 2.75) is 37.7 Å². The van der Waals surface area contributed by atoms with Gasteiger partial charge in [-0.25, -0.2) is 0 Å². The number of hydrogen-bond donors (Lipinski definition) is 1. The maximum Gasteiger partial charge on any atom is 0.235 e. The molecule has 1 N–H and O–H groups in total. The minimum atomic E-state index is -0.521. The quantitative estimate of drug-likeness (QED) is 0.866. The Morgan fingerprint density at radius 1 is 1.07 bits per heavy atom. The summed E-state index contributed by atoms with van der Waals surface area (Å²) in [6.45, 7) is 1.63. The summed E-state index contributed by atoms with van der Waals surface area (Å²) in [5.41, 5.74) is 2.33. The van der Waals surface area contributed by atoms with Crippen molar-refractivity contribution in [3.8, 4) is 11.5 Å². The van der Waals surface area contributed by atoms with Gasteiger partial charge >= 0.3 is 0 Å². The first kappa shape index (κ1) is 17.9. The van der Waals surface area contributed by atoms with Crippen LogP contribution in [0.1, 0.15) is 36.8 Å². The highest BCUT2D eigenvalue weighted by atomic mass is 16.6. The van der Waals surface area contributed by atoms with Crippen molar-refractivity contribution in [2.24, 2.45) is 0 Å². The number of ether oxygens (including phenoxy) is 3. The van der Waals surface area contributed by atoms with E-state index < -0.39 is 5.41 Å².